The third-order valence-electron chi connectivity index (χ3n) is 4.48. The SMILES string of the molecule is C[C@@H]1C[C@@H]1C(=O)NC1CCN(c2ccc(F)cc2)CC1. The lowest BCUT2D eigenvalue weighted by atomic mass is 10.0. The number of rotatable bonds is 3. The number of carbonyl (C=O) groups excluding carboxylic acids is 1. The van der Waals surface area contributed by atoms with Crippen LogP contribution in [0, 0.1) is 17.7 Å². The summed E-state index contributed by atoms with van der Waals surface area (Å²) in [5.74, 6) is 0.853. The maximum absolute atomic E-state index is 12.9. The predicted molar refractivity (Wildman–Crippen MR) is 77.0 cm³/mol. The van der Waals surface area contributed by atoms with E-state index in [4.69, 9.17) is 0 Å². The van der Waals surface area contributed by atoms with Crippen molar-refractivity contribution >= 4 is 11.6 Å². The minimum Gasteiger partial charge on any atom is -0.371 e. The molecule has 4 heteroatoms. The summed E-state index contributed by atoms with van der Waals surface area (Å²) in [5.41, 5.74) is 1.06. The zero-order valence-corrected chi connectivity index (χ0v) is 11.8. The minimum atomic E-state index is -0.200. The quantitative estimate of drug-likeness (QED) is 0.920. The molecule has 1 N–H and O–H groups in total. The van der Waals surface area contributed by atoms with Gasteiger partial charge in [0.25, 0.3) is 0 Å². The van der Waals surface area contributed by atoms with E-state index in [0.717, 1.165) is 38.0 Å². The average molecular weight is 276 g/mol. The summed E-state index contributed by atoms with van der Waals surface area (Å²) >= 11 is 0. The summed E-state index contributed by atoms with van der Waals surface area (Å²) in [4.78, 5) is 14.2. The van der Waals surface area contributed by atoms with Crippen LogP contribution in [0.3, 0.4) is 0 Å². The number of nitrogens with one attached hydrogen (secondary N) is 1. The van der Waals surface area contributed by atoms with Gasteiger partial charge in [-0.2, -0.15) is 0 Å². The van der Waals surface area contributed by atoms with E-state index in [9.17, 15) is 9.18 Å². The molecule has 1 heterocycles. The molecule has 0 unspecified atom stereocenters. The molecule has 20 heavy (non-hydrogen) atoms. The van der Waals surface area contributed by atoms with Crippen molar-refractivity contribution in [3.05, 3.63) is 30.1 Å². The van der Waals surface area contributed by atoms with E-state index in [2.05, 4.69) is 17.1 Å². The number of nitrogens with zero attached hydrogens (tertiary/aromatic N) is 1. The van der Waals surface area contributed by atoms with Gasteiger partial charge < -0.3 is 10.2 Å². The second-order valence-corrected chi connectivity index (χ2v) is 6.07. The Morgan fingerprint density at radius 1 is 1.25 bits per heavy atom. The van der Waals surface area contributed by atoms with Gasteiger partial charge in [0.15, 0.2) is 0 Å². The van der Waals surface area contributed by atoms with E-state index >= 15 is 0 Å². The zero-order chi connectivity index (χ0) is 14.1. The Morgan fingerprint density at radius 3 is 2.40 bits per heavy atom. The first kappa shape index (κ1) is 13.4. The molecule has 2 atom stereocenters. The van der Waals surface area contributed by atoms with Crippen LogP contribution in [0.4, 0.5) is 10.1 Å². The Labute approximate surface area is 119 Å². The predicted octanol–water partition coefficient (Wildman–Crippen LogP) is 2.57. The lowest BCUT2D eigenvalue weighted by Gasteiger charge is -2.34. The van der Waals surface area contributed by atoms with E-state index in [1.54, 1.807) is 0 Å². The lowest BCUT2D eigenvalue weighted by molar-refractivity contribution is -0.123. The number of amides is 1. The molecule has 3 nitrogen and oxygen atoms in total. The zero-order valence-electron chi connectivity index (χ0n) is 11.8. The van der Waals surface area contributed by atoms with Gasteiger partial charge in [-0.1, -0.05) is 6.92 Å². The number of hydrogen-bond acceptors (Lipinski definition) is 2. The summed E-state index contributed by atoms with van der Waals surface area (Å²) < 4.78 is 12.9. The topological polar surface area (TPSA) is 32.3 Å². The Kier molecular flexibility index (Phi) is 3.64. The highest BCUT2D eigenvalue weighted by atomic mass is 19.1. The largest absolute Gasteiger partial charge is 0.371 e. The van der Waals surface area contributed by atoms with Crippen molar-refractivity contribution in [1.82, 2.24) is 5.32 Å². The molecule has 0 spiro atoms. The molecule has 108 valence electrons. The Bertz CT molecular complexity index is 480. The summed E-state index contributed by atoms with van der Waals surface area (Å²) in [6.07, 6.45) is 2.97. The van der Waals surface area contributed by atoms with Crippen LogP contribution in [0.1, 0.15) is 26.2 Å². The standard InChI is InChI=1S/C16H21FN2O/c1-11-10-15(11)16(20)18-13-6-8-19(9-7-13)14-4-2-12(17)3-5-14/h2-5,11,13,15H,6-10H2,1H3,(H,18,20)/t11-,15+/m1/s1. The molecule has 1 aromatic carbocycles. The van der Waals surface area contributed by atoms with Crippen LogP contribution in [-0.2, 0) is 4.79 Å². The van der Waals surface area contributed by atoms with Crippen molar-refractivity contribution in [2.45, 2.75) is 32.2 Å². The molecule has 3 rings (SSSR count). The summed E-state index contributed by atoms with van der Waals surface area (Å²) in [5, 5.41) is 3.17. The number of benzene rings is 1. The van der Waals surface area contributed by atoms with Crippen molar-refractivity contribution < 1.29 is 9.18 Å². The monoisotopic (exact) mass is 276 g/mol. The fraction of sp³-hybridized carbons (Fsp3) is 0.562. The number of anilines is 1. The maximum Gasteiger partial charge on any atom is 0.223 e. The number of hydrogen-bond donors (Lipinski definition) is 1. The second kappa shape index (κ2) is 5.43. The minimum absolute atomic E-state index is 0.200. The Morgan fingerprint density at radius 2 is 1.85 bits per heavy atom. The average Bonchev–Trinajstić information content (AvgIpc) is 3.18. The first-order valence-electron chi connectivity index (χ1n) is 7.44. The van der Waals surface area contributed by atoms with Crippen molar-refractivity contribution in [2.75, 3.05) is 18.0 Å². The molecule has 2 fully saturated rings. The van der Waals surface area contributed by atoms with Crippen LogP contribution in [0.25, 0.3) is 0 Å². The van der Waals surface area contributed by atoms with Crippen LogP contribution in [-0.4, -0.2) is 25.0 Å². The van der Waals surface area contributed by atoms with Gasteiger partial charge in [0, 0.05) is 30.7 Å². The van der Waals surface area contributed by atoms with Crippen molar-refractivity contribution in [3.63, 3.8) is 0 Å². The Balaban J connectivity index is 1.49. The van der Waals surface area contributed by atoms with Gasteiger partial charge in [0.2, 0.25) is 5.91 Å². The molecule has 2 aliphatic rings. The summed E-state index contributed by atoms with van der Waals surface area (Å²) in [7, 11) is 0. The number of carbonyl (C=O) groups is 1. The van der Waals surface area contributed by atoms with E-state index in [-0.39, 0.29) is 17.6 Å². The molecule has 0 aromatic heterocycles. The molecule has 1 saturated heterocycles. The molecule has 1 aliphatic carbocycles. The van der Waals surface area contributed by atoms with E-state index < -0.39 is 0 Å². The van der Waals surface area contributed by atoms with Gasteiger partial charge in [-0.25, -0.2) is 4.39 Å². The molecule has 0 bridgehead atoms. The smallest absolute Gasteiger partial charge is 0.223 e. The highest BCUT2D eigenvalue weighted by Gasteiger charge is 2.39. The van der Waals surface area contributed by atoms with E-state index in [1.165, 1.54) is 12.1 Å². The highest BCUT2D eigenvalue weighted by Crippen LogP contribution is 2.37. The lowest BCUT2D eigenvalue weighted by Crippen LogP contribution is -2.45. The summed E-state index contributed by atoms with van der Waals surface area (Å²) in [6, 6.07) is 6.93. The third kappa shape index (κ3) is 2.94. The Hall–Kier alpha value is -1.58. The normalized spacial score (nSPS) is 26.4. The van der Waals surface area contributed by atoms with Crippen molar-refractivity contribution in [2.24, 2.45) is 11.8 Å². The van der Waals surface area contributed by atoms with Gasteiger partial charge in [0.05, 0.1) is 0 Å². The number of piperidine rings is 1. The highest BCUT2D eigenvalue weighted by molar-refractivity contribution is 5.81. The van der Waals surface area contributed by atoms with E-state index in [1.807, 2.05) is 12.1 Å². The molecule has 1 saturated carbocycles. The van der Waals surface area contributed by atoms with Gasteiger partial charge in [-0.05, 0) is 49.4 Å². The fourth-order valence-corrected chi connectivity index (χ4v) is 2.93. The first-order chi connectivity index (χ1) is 9.63. The van der Waals surface area contributed by atoms with Crippen LogP contribution in [0.5, 0.6) is 0 Å². The summed E-state index contributed by atoms with van der Waals surface area (Å²) in [6.45, 7) is 3.95. The van der Waals surface area contributed by atoms with Gasteiger partial charge >= 0.3 is 0 Å². The van der Waals surface area contributed by atoms with Crippen molar-refractivity contribution in [3.8, 4) is 0 Å². The third-order valence-corrected chi connectivity index (χ3v) is 4.48. The van der Waals surface area contributed by atoms with Crippen LogP contribution in [0.2, 0.25) is 0 Å². The first-order valence-corrected chi connectivity index (χ1v) is 7.44. The molecular formula is C16H21FN2O. The van der Waals surface area contributed by atoms with Gasteiger partial charge in [-0.15, -0.1) is 0 Å². The second-order valence-electron chi connectivity index (χ2n) is 6.07. The molecule has 1 aromatic rings. The fourth-order valence-electron chi connectivity index (χ4n) is 2.93. The van der Waals surface area contributed by atoms with Gasteiger partial charge in [0.1, 0.15) is 5.82 Å². The van der Waals surface area contributed by atoms with Gasteiger partial charge in [-0.3, -0.25) is 4.79 Å². The molecule has 1 amide bonds. The van der Waals surface area contributed by atoms with E-state index in [0.29, 0.717) is 12.0 Å². The maximum atomic E-state index is 12.9. The van der Waals surface area contributed by atoms with Crippen LogP contribution >= 0.6 is 0 Å². The number of halogens is 1. The molecule has 1 aliphatic heterocycles. The van der Waals surface area contributed by atoms with Crippen LogP contribution in [0.15, 0.2) is 24.3 Å². The molecular weight excluding hydrogens is 255 g/mol. The van der Waals surface area contributed by atoms with Crippen LogP contribution < -0.4 is 10.2 Å². The molecule has 0 radical (unpaired) electrons. The van der Waals surface area contributed by atoms with Crippen molar-refractivity contribution in [1.29, 1.82) is 0 Å².